The van der Waals surface area contributed by atoms with Crippen LogP contribution < -0.4 is 14.4 Å². The molecule has 0 amide bonds. The summed E-state index contributed by atoms with van der Waals surface area (Å²) in [5, 5.41) is 8.67. The molecule has 0 spiro atoms. The molecule has 4 rings (SSSR count). The SMILES string of the molecule is COCc1nnc(N2CCC(Oc3cc(F)cc(F)c3C)CC2)n1-c1ccc(OC)nc1. The van der Waals surface area contributed by atoms with Crippen LogP contribution in [0.15, 0.2) is 30.5 Å². The highest BCUT2D eigenvalue weighted by molar-refractivity contribution is 5.44. The van der Waals surface area contributed by atoms with Crippen LogP contribution in [0, 0.1) is 18.6 Å². The topological polar surface area (TPSA) is 74.5 Å². The quantitative estimate of drug-likeness (QED) is 0.551. The number of ether oxygens (including phenoxy) is 3. The maximum Gasteiger partial charge on any atom is 0.232 e. The number of hydrogen-bond acceptors (Lipinski definition) is 7. The van der Waals surface area contributed by atoms with Crippen molar-refractivity contribution in [3.8, 4) is 17.3 Å². The number of nitrogens with zero attached hydrogens (tertiary/aromatic N) is 5. The van der Waals surface area contributed by atoms with E-state index in [1.54, 1.807) is 33.4 Å². The molecular weight excluding hydrogens is 420 g/mol. The van der Waals surface area contributed by atoms with Gasteiger partial charge in [-0.1, -0.05) is 0 Å². The zero-order valence-corrected chi connectivity index (χ0v) is 18.2. The van der Waals surface area contributed by atoms with Gasteiger partial charge < -0.3 is 19.1 Å². The third kappa shape index (κ3) is 4.50. The zero-order valence-electron chi connectivity index (χ0n) is 18.2. The van der Waals surface area contributed by atoms with Crippen molar-refractivity contribution in [1.29, 1.82) is 0 Å². The largest absolute Gasteiger partial charge is 0.490 e. The van der Waals surface area contributed by atoms with E-state index in [1.807, 2.05) is 10.6 Å². The van der Waals surface area contributed by atoms with Crippen molar-refractivity contribution < 1.29 is 23.0 Å². The third-order valence-corrected chi connectivity index (χ3v) is 5.45. The lowest BCUT2D eigenvalue weighted by molar-refractivity contribution is 0.167. The minimum Gasteiger partial charge on any atom is -0.490 e. The number of rotatable bonds is 7. The molecule has 0 radical (unpaired) electrons. The predicted octanol–water partition coefficient (Wildman–Crippen LogP) is 3.45. The molecule has 2 aromatic heterocycles. The fourth-order valence-corrected chi connectivity index (χ4v) is 3.72. The maximum atomic E-state index is 13.8. The van der Waals surface area contributed by atoms with Gasteiger partial charge in [0.25, 0.3) is 0 Å². The van der Waals surface area contributed by atoms with Gasteiger partial charge in [-0.25, -0.2) is 13.8 Å². The smallest absolute Gasteiger partial charge is 0.232 e. The molecule has 10 heteroatoms. The molecule has 32 heavy (non-hydrogen) atoms. The summed E-state index contributed by atoms with van der Waals surface area (Å²) >= 11 is 0. The van der Waals surface area contributed by atoms with Gasteiger partial charge in [-0.2, -0.15) is 0 Å². The van der Waals surface area contributed by atoms with Crippen LogP contribution in [0.3, 0.4) is 0 Å². The second kappa shape index (κ2) is 9.47. The normalized spacial score (nSPS) is 14.6. The summed E-state index contributed by atoms with van der Waals surface area (Å²) in [5.41, 5.74) is 1.10. The van der Waals surface area contributed by atoms with E-state index in [0.717, 1.165) is 11.8 Å². The molecule has 0 unspecified atom stereocenters. The van der Waals surface area contributed by atoms with Crippen LogP contribution in [0.4, 0.5) is 14.7 Å². The molecule has 1 saturated heterocycles. The Labute approximate surface area is 184 Å². The number of halogens is 2. The maximum absolute atomic E-state index is 13.8. The average molecular weight is 445 g/mol. The number of methoxy groups -OCH3 is 2. The average Bonchev–Trinajstić information content (AvgIpc) is 3.21. The molecule has 0 aliphatic carbocycles. The van der Waals surface area contributed by atoms with E-state index in [1.165, 1.54) is 6.07 Å². The number of anilines is 1. The van der Waals surface area contributed by atoms with Crippen molar-refractivity contribution in [2.24, 2.45) is 0 Å². The van der Waals surface area contributed by atoms with E-state index in [9.17, 15) is 8.78 Å². The van der Waals surface area contributed by atoms with Crippen LogP contribution in [0.1, 0.15) is 24.2 Å². The molecule has 3 heterocycles. The van der Waals surface area contributed by atoms with Gasteiger partial charge in [0.05, 0.1) is 19.0 Å². The highest BCUT2D eigenvalue weighted by Gasteiger charge is 2.26. The van der Waals surface area contributed by atoms with E-state index in [0.29, 0.717) is 55.8 Å². The van der Waals surface area contributed by atoms with Crippen LogP contribution in [0.25, 0.3) is 5.69 Å². The standard InChI is InChI=1S/C22H25F2N5O3/c1-14-18(24)10-15(23)11-19(14)32-17-6-8-28(9-7-17)22-27-26-20(13-30-2)29(22)16-4-5-21(31-3)25-12-16/h4-5,10-12,17H,6-9,13H2,1-3H3. The molecule has 170 valence electrons. The summed E-state index contributed by atoms with van der Waals surface area (Å²) in [6.07, 6.45) is 2.89. The summed E-state index contributed by atoms with van der Waals surface area (Å²) in [4.78, 5) is 6.39. The molecule has 8 nitrogen and oxygen atoms in total. The lowest BCUT2D eigenvalue weighted by Crippen LogP contribution is -2.39. The molecule has 0 atom stereocenters. The number of pyridine rings is 1. The first kappa shape index (κ1) is 21.9. The molecule has 1 aromatic carbocycles. The summed E-state index contributed by atoms with van der Waals surface area (Å²) in [5.74, 6) is 0.834. The van der Waals surface area contributed by atoms with Gasteiger partial charge in [0.15, 0.2) is 5.82 Å². The summed E-state index contributed by atoms with van der Waals surface area (Å²) in [6, 6.07) is 5.75. The van der Waals surface area contributed by atoms with Gasteiger partial charge in [-0.3, -0.25) is 4.57 Å². The van der Waals surface area contributed by atoms with Crippen LogP contribution in [-0.4, -0.2) is 53.2 Å². The summed E-state index contributed by atoms with van der Waals surface area (Å²) < 4.78 is 45.7. The van der Waals surface area contributed by atoms with Crippen molar-refractivity contribution in [3.05, 3.63) is 53.5 Å². The predicted molar refractivity (Wildman–Crippen MR) is 113 cm³/mol. The number of benzene rings is 1. The Kier molecular flexibility index (Phi) is 6.50. The molecule has 1 aliphatic heterocycles. The molecule has 1 fully saturated rings. The third-order valence-electron chi connectivity index (χ3n) is 5.45. The van der Waals surface area contributed by atoms with Crippen LogP contribution in [0.2, 0.25) is 0 Å². The second-order valence-corrected chi connectivity index (χ2v) is 7.56. The monoisotopic (exact) mass is 445 g/mol. The number of piperidine rings is 1. The molecular formula is C22H25F2N5O3. The van der Waals surface area contributed by atoms with Gasteiger partial charge in [-0.05, 0) is 13.0 Å². The fraction of sp³-hybridized carbons (Fsp3) is 0.409. The zero-order chi connectivity index (χ0) is 22.7. The van der Waals surface area contributed by atoms with E-state index in [4.69, 9.17) is 14.2 Å². The first-order valence-corrected chi connectivity index (χ1v) is 10.3. The minimum absolute atomic E-state index is 0.149. The van der Waals surface area contributed by atoms with Gasteiger partial charge in [-0.15, -0.1) is 10.2 Å². The van der Waals surface area contributed by atoms with Crippen molar-refractivity contribution >= 4 is 5.95 Å². The molecule has 3 aromatic rings. The van der Waals surface area contributed by atoms with E-state index in [2.05, 4.69) is 20.1 Å². The second-order valence-electron chi connectivity index (χ2n) is 7.56. The Hall–Kier alpha value is -3.27. The Morgan fingerprint density at radius 1 is 1.09 bits per heavy atom. The Morgan fingerprint density at radius 2 is 1.88 bits per heavy atom. The fourth-order valence-electron chi connectivity index (χ4n) is 3.72. The minimum atomic E-state index is -0.646. The van der Waals surface area contributed by atoms with Crippen molar-refractivity contribution in [3.63, 3.8) is 0 Å². The Morgan fingerprint density at radius 3 is 2.53 bits per heavy atom. The first-order valence-electron chi connectivity index (χ1n) is 10.3. The lowest BCUT2D eigenvalue weighted by atomic mass is 10.1. The van der Waals surface area contributed by atoms with Gasteiger partial charge in [0, 0.05) is 56.8 Å². The van der Waals surface area contributed by atoms with Gasteiger partial charge >= 0.3 is 0 Å². The van der Waals surface area contributed by atoms with Crippen LogP contribution in [-0.2, 0) is 11.3 Å². The first-order chi connectivity index (χ1) is 15.5. The Bertz CT molecular complexity index is 1070. The lowest BCUT2D eigenvalue weighted by Gasteiger charge is -2.33. The van der Waals surface area contributed by atoms with Gasteiger partial charge in [0.1, 0.15) is 30.1 Å². The van der Waals surface area contributed by atoms with Crippen LogP contribution in [0.5, 0.6) is 11.6 Å². The van der Waals surface area contributed by atoms with Crippen molar-refractivity contribution in [2.45, 2.75) is 32.5 Å². The van der Waals surface area contributed by atoms with Crippen molar-refractivity contribution in [1.82, 2.24) is 19.7 Å². The molecule has 1 aliphatic rings. The summed E-state index contributed by atoms with van der Waals surface area (Å²) in [7, 11) is 3.17. The van der Waals surface area contributed by atoms with Crippen molar-refractivity contribution in [2.75, 3.05) is 32.2 Å². The molecule has 0 N–H and O–H groups in total. The molecule has 0 saturated carbocycles. The van der Waals surface area contributed by atoms with E-state index < -0.39 is 11.6 Å². The van der Waals surface area contributed by atoms with E-state index in [-0.39, 0.29) is 11.9 Å². The highest BCUT2D eigenvalue weighted by atomic mass is 19.1. The Balaban J connectivity index is 1.51. The van der Waals surface area contributed by atoms with Gasteiger partial charge in [0.2, 0.25) is 11.8 Å². The summed E-state index contributed by atoms with van der Waals surface area (Å²) in [6.45, 7) is 3.18. The van der Waals surface area contributed by atoms with Crippen LogP contribution >= 0.6 is 0 Å². The van der Waals surface area contributed by atoms with E-state index >= 15 is 0 Å². The number of aromatic nitrogens is 4. The number of hydrogen-bond donors (Lipinski definition) is 0. The highest BCUT2D eigenvalue weighted by Crippen LogP contribution is 2.28. The molecule has 0 bridgehead atoms.